The van der Waals surface area contributed by atoms with Crippen molar-refractivity contribution in [2.45, 2.75) is 0 Å². The molecule has 0 aliphatic rings. The highest BCUT2D eigenvalue weighted by molar-refractivity contribution is 7.80. The number of thiol groups is 1. The molecular weight excluding hydrogens is 148 g/mol. The SMILES string of the molecule is C=C[SH+]C.[Br-]. The smallest absolute Gasteiger partial charge is 0.109 e. The third-order valence-electron chi connectivity index (χ3n) is 0.183. The van der Waals surface area contributed by atoms with Crippen LogP contribution in [0.5, 0.6) is 0 Å². The summed E-state index contributed by atoms with van der Waals surface area (Å²) < 4.78 is 0. The monoisotopic (exact) mass is 154 g/mol. The summed E-state index contributed by atoms with van der Waals surface area (Å²) in [5, 5.41) is 1.85. The lowest BCUT2D eigenvalue weighted by molar-refractivity contribution is -0.000000861. The molecule has 0 bridgehead atoms. The summed E-state index contributed by atoms with van der Waals surface area (Å²) in [6, 6.07) is 0. The van der Waals surface area contributed by atoms with Gasteiger partial charge >= 0.3 is 0 Å². The molecule has 2 heteroatoms. The Morgan fingerprint density at radius 3 is 2.00 bits per heavy atom. The van der Waals surface area contributed by atoms with E-state index >= 15 is 0 Å². The average molecular weight is 155 g/mol. The number of hydrogen-bond acceptors (Lipinski definition) is 0. The molecular formula is C3H7BrS. The molecule has 0 aromatic rings. The first kappa shape index (κ1) is 9.13. The van der Waals surface area contributed by atoms with Crippen molar-refractivity contribution >= 4 is 11.8 Å². The lowest BCUT2D eigenvalue weighted by Crippen LogP contribution is -3.00. The summed E-state index contributed by atoms with van der Waals surface area (Å²) in [5.41, 5.74) is 0. The largest absolute Gasteiger partial charge is 1.00 e. The summed E-state index contributed by atoms with van der Waals surface area (Å²) in [5.74, 6) is 0. The molecule has 0 saturated carbocycles. The van der Waals surface area contributed by atoms with Gasteiger partial charge in [-0.2, -0.15) is 0 Å². The average Bonchev–Trinajstić information content (AvgIpc) is 1.37. The minimum absolute atomic E-state index is 0. The fourth-order valence-electron chi connectivity index (χ4n) is 0. The molecule has 0 fully saturated rings. The molecule has 0 radical (unpaired) electrons. The summed E-state index contributed by atoms with van der Waals surface area (Å²) in [4.78, 5) is 0. The van der Waals surface area contributed by atoms with E-state index in [1.54, 1.807) is 0 Å². The lowest BCUT2D eigenvalue weighted by Gasteiger charge is -1.46. The van der Waals surface area contributed by atoms with Crippen molar-refractivity contribution in [3.05, 3.63) is 12.0 Å². The molecule has 0 aliphatic heterocycles. The molecule has 0 nitrogen and oxygen atoms in total. The first-order chi connectivity index (χ1) is 1.91. The Morgan fingerprint density at radius 2 is 2.00 bits per heavy atom. The van der Waals surface area contributed by atoms with Crippen LogP contribution in [0.1, 0.15) is 0 Å². The normalized spacial score (nSPS) is 5.00. The highest BCUT2D eigenvalue weighted by Gasteiger charge is 1.56. The highest BCUT2D eigenvalue weighted by atomic mass is 79.9. The standard InChI is InChI=1S/C3H6S.BrH/c1-3-4-2;/h3H,1H2,2H3;1H. The predicted octanol–water partition coefficient (Wildman–Crippen LogP) is -2.42. The van der Waals surface area contributed by atoms with Crippen LogP contribution in [-0.4, -0.2) is 6.26 Å². The van der Waals surface area contributed by atoms with Crippen molar-refractivity contribution in [3.63, 3.8) is 0 Å². The molecule has 32 valence electrons. The molecule has 5 heavy (non-hydrogen) atoms. The molecule has 0 N–H and O–H groups in total. The quantitative estimate of drug-likeness (QED) is 0.292. The van der Waals surface area contributed by atoms with Gasteiger partial charge in [0.15, 0.2) is 0 Å². The van der Waals surface area contributed by atoms with E-state index in [0.29, 0.717) is 0 Å². The molecule has 0 rings (SSSR count). The Bertz CT molecular complexity index is 20.9. The summed E-state index contributed by atoms with van der Waals surface area (Å²) in [6.45, 7) is 3.47. The van der Waals surface area contributed by atoms with E-state index in [1.165, 1.54) is 11.8 Å². The van der Waals surface area contributed by atoms with Crippen molar-refractivity contribution in [2.24, 2.45) is 0 Å². The van der Waals surface area contributed by atoms with Crippen LogP contribution in [0.15, 0.2) is 12.0 Å². The van der Waals surface area contributed by atoms with Gasteiger partial charge in [-0.25, -0.2) is 0 Å². The zero-order valence-corrected chi connectivity index (χ0v) is 5.59. The fourth-order valence-corrected chi connectivity index (χ4v) is 0. The second-order valence-electron chi connectivity index (χ2n) is 0.441. The van der Waals surface area contributed by atoms with Gasteiger partial charge in [-0.1, -0.05) is 6.58 Å². The summed E-state index contributed by atoms with van der Waals surface area (Å²) in [7, 11) is 0. The number of rotatable bonds is 1. The van der Waals surface area contributed by atoms with Crippen LogP contribution < -0.4 is 17.0 Å². The Labute approximate surface area is 47.4 Å². The van der Waals surface area contributed by atoms with Crippen LogP contribution in [0.2, 0.25) is 0 Å². The fraction of sp³-hybridized carbons (Fsp3) is 0.333. The maximum absolute atomic E-state index is 3.47. The molecule has 0 aromatic heterocycles. The first-order valence-corrected chi connectivity index (χ1v) is 2.52. The molecule has 0 unspecified atom stereocenters. The van der Waals surface area contributed by atoms with Crippen molar-refractivity contribution in [1.82, 2.24) is 0 Å². The second kappa shape index (κ2) is 8.82. The van der Waals surface area contributed by atoms with Gasteiger partial charge in [0.05, 0.1) is 6.26 Å². The minimum atomic E-state index is 0. The zero-order chi connectivity index (χ0) is 3.41. The first-order valence-electron chi connectivity index (χ1n) is 1.11. The molecule has 0 spiro atoms. The van der Waals surface area contributed by atoms with Crippen LogP contribution in [-0.2, 0) is 11.8 Å². The van der Waals surface area contributed by atoms with Gasteiger partial charge in [0.2, 0.25) is 0 Å². The van der Waals surface area contributed by atoms with E-state index in [9.17, 15) is 0 Å². The summed E-state index contributed by atoms with van der Waals surface area (Å²) >= 11 is 1.26. The predicted molar refractivity (Wildman–Crippen MR) is 24.9 cm³/mol. The van der Waals surface area contributed by atoms with Gasteiger partial charge in [-0.05, 0) is 11.8 Å². The van der Waals surface area contributed by atoms with Gasteiger partial charge in [-0.3, -0.25) is 0 Å². The molecule has 0 atom stereocenters. The van der Waals surface area contributed by atoms with E-state index in [2.05, 4.69) is 6.58 Å². The van der Waals surface area contributed by atoms with Gasteiger partial charge < -0.3 is 17.0 Å². The lowest BCUT2D eigenvalue weighted by atomic mass is 11.3. The van der Waals surface area contributed by atoms with Crippen LogP contribution in [0.3, 0.4) is 0 Å². The van der Waals surface area contributed by atoms with Crippen LogP contribution in [0.25, 0.3) is 0 Å². The van der Waals surface area contributed by atoms with Crippen LogP contribution in [0, 0.1) is 0 Å². The molecule has 0 amide bonds. The third-order valence-corrected chi connectivity index (χ3v) is 0.548. The zero-order valence-electron chi connectivity index (χ0n) is 3.11. The third kappa shape index (κ3) is 12.2. The Kier molecular flexibility index (Phi) is 16.1. The van der Waals surface area contributed by atoms with E-state index in [1.807, 2.05) is 11.7 Å². The van der Waals surface area contributed by atoms with E-state index < -0.39 is 0 Å². The van der Waals surface area contributed by atoms with Gasteiger partial charge in [-0.15, -0.1) is 0 Å². The maximum atomic E-state index is 3.47. The Balaban J connectivity index is 0. The van der Waals surface area contributed by atoms with E-state index in [-0.39, 0.29) is 17.0 Å². The Hall–Kier alpha value is 0.570. The topological polar surface area (TPSA) is 0 Å². The van der Waals surface area contributed by atoms with Crippen molar-refractivity contribution in [3.8, 4) is 0 Å². The van der Waals surface area contributed by atoms with Crippen molar-refractivity contribution in [2.75, 3.05) is 6.26 Å². The Morgan fingerprint density at radius 1 is 1.80 bits per heavy atom. The second-order valence-corrected chi connectivity index (χ2v) is 1.32. The van der Waals surface area contributed by atoms with Gasteiger partial charge in [0.1, 0.15) is 5.41 Å². The van der Waals surface area contributed by atoms with Crippen molar-refractivity contribution in [1.29, 1.82) is 0 Å². The number of halogens is 1. The van der Waals surface area contributed by atoms with E-state index in [4.69, 9.17) is 0 Å². The molecule has 0 aromatic carbocycles. The van der Waals surface area contributed by atoms with Crippen molar-refractivity contribution < 1.29 is 17.0 Å². The van der Waals surface area contributed by atoms with Gasteiger partial charge in [0, 0.05) is 0 Å². The summed E-state index contributed by atoms with van der Waals surface area (Å²) in [6.07, 6.45) is 2.03. The van der Waals surface area contributed by atoms with E-state index in [0.717, 1.165) is 0 Å². The number of hydrogen-bond donors (Lipinski definition) is 0. The molecule has 0 heterocycles. The molecule has 0 aliphatic carbocycles. The maximum Gasteiger partial charge on any atom is 0.109 e. The molecule has 0 saturated heterocycles. The highest BCUT2D eigenvalue weighted by Crippen LogP contribution is 1.54. The van der Waals surface area contributed by atoms with Crippen LogP contribution >= 0.6 is 0 Å². The van der Waals surface area contributed by atoms with Gasteiger partial charge in [0.25, 0.3) is 0 Å². The minimum Gasteiger partial charge on any atom is -1.00 e. The van der Waals surface area contributed by atoms with Crippen LogP contribution in [0.4, 0.5) is 0 Å².